The summed E-state index contributed by atoms with van der Waals surface area (Å²) in [6, 6.07) is 3.91. The largest absolute Gasteiger partial charge is 0.495 e. The molecule has 8 heteroatoms. The first-order valence-corrected chi connectivity index (χ1v) is 8.84. The van der Waals surface area contributed by atoms with E-state index in [0.29, 0.717) is 6.42 Å². The van der Waals surface area contributed by atoms with Crippen molar-refractivity contribution in [1.29, 1.82) is 0 Å². The number of benzene rings is 1. The van der Waals surface area contributed by atoms with Crippen molar-refractivity contribution in [2.45, 2.75) is 44.0 Å². The van der Waals surface area contributed by atoms with Crippen LogP contribution in [0.3, 0.4) is 0 Å². The van der Waals surface area contributed by atoms with Crippen molar-refractivity contribution in [2.75, 3.05) is 12.0 Å². The summed E-state index contributed by atoms with van der Waals surface area (Å²) < 4.78 is 32.5. The highest BCUT2D eigenvalue weighted by Crippen LogP contribution is 2.34. The number of sulfonamides is 1. The summed E-state index contributed by atoms with van der Waals surface area (Å²) in [7, 11) is -2.34. The Labute approximate surface area is 135 Å². The van der Waals surface area contributed by atoms with Crippen LogP contribution >= 0.6 is 0 Å². The summed E-state index contributed by atoms with van der Waals surface area (Å²) in [5, 5.41) is 0. The molecule has 0 aliphatic carbocycles. The number of ether oxygens (including phenoxy) is 1. The normalized spacial score (nSPS) is 16.7. The summed E-state index contributed by atoms with van der Waals surface area (Å²) in [5.41, 5.74) is 0.159. The van der Waals surface area contributed by atoms with Crippen molar-refractivity contribution in [1.82, 2.24) is 4.72 Å². The van der Waals surface area contributed by atoms with Crippen LogP contribution < -0.4 is 14.4 Å². The highest BCUT2D eigenvalue weighted by atomic mass is 32.2. The highest BCUT2D eigenvalue weighted by Gasteiger charge is 2.33. The molecule has 0 bridgehead atoms. The zero-order valence-corrected chi connectivity index (χ0v) is 14.1. The lowest BCUT2D eigenvalue weighted by atomic mass is 10.2. The average molecular weight is 340 g/mol. The third-order valence-corrected chi connectivity index (χ3v) is 5.31. The van der Waals surface area contributed by atoms with Crippen LogP contribution in [0.1, 0.15) is 33.1 Å². The van der Waals surface area contributed by atoms with E-state index in [4.69, 9.17) is 4.74 Å². The lowest BCUT2D eigenvalue weighted by molar-refractivity contribution is -0.121. The molecule has 2 amide bonds. The number of carbonyl (C=O) groups is 2. The smallest absolute Gasteiger partial charge is 0.240 e. The third kappa shape index (κ3) is 3.53. The molecule has 0 aromatic heterocycles. The Kier molecular flexibility index (Phi) is 5.06. The van der Waals surface area contributed by atoms with Crippen LogP contribution in [0.4, 0.5) is 5.69 Å². The van der Waals surface area contributed by atoms with E-state index in [2.05, 4.69) is 4.72 Å². The molecule has 126 valence electrons. The van der Waals surface area contributed by atoms with Gasteiger partial charge in [-0.2, -0.15) is 0 Å². The van der Waals surface area contributed by atoms with Gasteiger partial charge in [0, 0.05) is 18.9 Å². The van der Waals surface area contributed by atoms with E-state index in [1.54, 1.807) is 6.92 Å². The molecule has 0 saturated carbocycles. The van der Waals surface area contributed by atoms with Gasteiger partial charge in [-0.25, -0.2) is 18.0 Å². The van der Waals surface area contributed by atoms with Crippen LogP contribution in [-0.4, -0.2) is 33.4 Å². The molecular formula is C15H20N2O5S. The second-order valence-corrected chi connectivity index (χ2v) is 7.10. The van der Waals surface area contributed by atoms with Gasteiger partial charge in [0.15, 0.2) is 0 Å². The first kappa shape index (κ1) is 17.4. The zero-order valence-electron chi connectivity index (χ0n) is 13.3. The summed E-state index contributed by atoms with van der Waals surface area (Å²) in [6.07, 6.45) is 0.875. The van der Waals surface area contributed by atoms with Crippen molar-refractivity contribution >= 4 is 27.5 Å². The quantitative estimate of drug-likeness (QED) is 0.791. The van der Waals surface area contributed by atoms with Crippen molar-refractivity contribution < 1.29 is 22.7 Å². The monoisotopic (exact) mass is 340 g/mol. The Hall–Kier alpha value is -1.93. The van der Waals surface area contributed by atoms with Gasteiger partial charge in [0.05, 0.1) is 17.7 Å². The fourth-order valence-electron chi connectivity index (χ4n) is 2.27. The van der Waals surface area contributed by atoms with Gasteiger partial charge in [0.1, 0.15) is 5.75 Å². The van der Waals surface area contributed by atoms with E-state index < -0.39 is 10.0 Å². The van der Waals surface area contributed by atoms with Gasteiger partial charge >= 0.3 is 0 Å². The molecule has 1 N–H and O–H groups in total. The maximum absolute atomic E-state index is 12.4. The Morgan fingerprint density at radius 2 is 1.87 bits per heavy atom. The number of amides is 2. The number of anilines is 1. The molecule has 23 heavy (non-hydrogen) atoms. The Balaban J connectivity index is 2.47. The van der Waals surface area contributed by atoms with E-state index in [1.165, 1.54) is 25.3 Å². The van der Waals surface area contributed by atoms with Crippen molar-refractivity contribution in [2.24, 2.45) is 0 Å². The SMILES string of the molecule is CC[C@H](C)NS(=O)(=O)c1ccc(OC)c(N2C(=O)CCC2=O)c1. The molecule has 1 aliphatic heterocycles. The van der Waals surface area contributed by atoms with Crippen LogP contribution in [0.25, 0.3) is 0 Å². The minimum atomic E-state index is -3.74. The fraction of sp³-hybridized carbons (Fsp3) is 0.467. The van der Waals surface area contributed by atoms with Gasteiger partial charge < -0.3 is 4.74 Å². The van der Waals surface area contributed by atoms with Crippen molar-refractivity contribution in [3.63, 3.8) is 0 Å². The number of imide groups is 1. The van der Waals surface area contributed by atoms with Gasteiger partial charge in [-0.15, -0.1) is 0 Å². The molecule has 1 aromatic rings. The highest BCUT2D eigenvalue weighted by molar-refractivity contribution is 7.89. The molecule has 1 aromatic carbocycles. The minimum absolute atomic E-state index is 0.0129. The van der Waals surface area contributed by atoms with Gasteiger partial charge in [-0.1, -0.05) is 6.92 Å². The van der Waals surface area contributed by atoms with E-state index in [1.807, 2.05) is 6.92 Å². The van der Waals surface area contributed by atoms with Crippen molar-refractivity contribution in [3.05, 3.63) is 18.2 Å². The number of rotatable bonds is 6. The minimum Gasteiger partial charge on any atom is -0.495 e. The van der Waals surface area contributed by atoms with E-state index in [-0.39, 0.29) is 47.0 Å². The first-order valence-electron chi connectivity index (χ1n) is 7.36. The van der Waals surface area contributed by atoms with Gasteiger partial charge in [-0.3, -0.25) is 9.59 Å². The second-order valence-electron chi connectivity index (χ2n) is 5.39. The molecule has 1 saturated heterocycles. The second kappa shape index (κ2) is 6.67. The molecule has 2 rings (SSSR count). The van der Waals surface area contributed by atoms with E-state index in [9.17, 15) is 18.0 Å². The average Bonchev–Trinajstić information content (AvgIpc) is 2.85. The summed E-state index contributed by atoms with van der Waals surface area (Å²) in [6.45, 7) is 3.63. The molecule has 7 nitrogen and oxygen atoms in total. The predicted octanol–water partition coefficient (Wildman–Crippen LogP) is 1.43. The number of nitrogens with one attached hydrogen (secondary N) is 1. The Bertz CT molecular complexity index is 713. The van der Waals surface area contributed by atoms with Crippen molar-refractivity contribution in [3.8, 4) is 5.75 Å². The van der Waals surface area contributed by atoms with Gasteiger partial charge in [0.25, 0.3) is 0 Å². The molecule has 0 radical (unpaired) electrons. The molecule has 1 fully saturated rings. The standard InChI is InChI=1S/C15H20N2O5S/c1-4-10(2)16-23(20,21)11-5-6-13(22-3)12(9-11)17-14(18)7-8-15(17)19/h5-6,9-10,16H,4,7-8H2,1-3H3/t10-/m0/s1. The lowest BCUT2D eigenvalue weighted by Gasteiger charge is -2.19. The number of hydrogen-bond acceptors (Lipinski definition) is 5. The molecule has 1 aliphatic rings. The van der Waals surface area contributed by atoms with E-state index >= 15 is 0 Å². The van der Waals surface area contributed by atoms with Crippen LogP contribution in [0.15, 0.2) is 23.1 Å². The van der Waals surface area contributed by atoms with Gasteiger partial charge in [0.2, 0.25) is 21.8 Å². The topological polar surface area (TPSA) is 92.8 Å². The van der Waals surface area contributed by atoms with Crippen LogP contribution in [-0.2, 0) is 19.6 Å². The molecule has 0 unspecified atom stereocenters. The lowest BCUT2D eigenvalue weighted by Crippen LogP contribution is -2.33. The fourth-order valence-corrected chi connectivity index (χ4v) is 3.62. The summed E-state index contributed by atoms with van der Waals surface area (Å²) in [4.78, 5) is 24.8. The molecular weight excluding hydrogens is 320 g/mol. The Morgan fingerprint density at radius 3 is 2.39 bits per heavy atom. The molecule has 1 atom stereocenters. The van der Waals surface area contributed by atoms with E-state index in [0.717, 1.165) is 4.90 Å². The molecule has 1 heterocycles. The Morgan fingerprint density at radius 1 is 1.26 bits per heavy atom. The maximum atomic E-state index is 12.4. The summed E-state index contributed by atoms with van der Waals surface area (Å²) in [5.74, 6) is -0.452. The van der Waals surface area contributed by atoms with Crippen LogP contribution in [0.2, 0.25) is 0 Å². The molecule has 0 spiro atoms. The van der Waals surface area contributed by atoms with Crippen LogP contribution in [0.5, 0.6) is 5.75 Å². The zero-order chi connectivity index (χ0) is 17.2. The first-order chi connectivity index (χ1) is 10.8. The number of hydrogen-bond donors (Lipinski definition) is 1. The van der Waals surface area contributed by atoms with Gasteiger partial charge in [-0.05, 0) is 31.5 Å². The number of methoxy groups -OCH3 is 1. The maximum Gasteiger partial charge on any atom is 0.240 e. The van der Waals surface area contributed by atoms with Crippen LogP contribution in [0, 0.1) is 0 Å². The third-order valence-electron chi connectivity index (χ3n) is 3.72. The predicted molar refractivity (Wildman–Crippen MR) is 84.8 cm³/mol. The number of nitrogens with zero attached hydrogens (tertiary/aromatic N) is 1. The summed E-state index contributed by atoms with van der Waals surface area (Å²) >= 11 is 0. The number of carbonyl (C=O) groups excluding carboxylic acids is 2.